The van der Waals surface area contributed by atoms with E-state index in [9.17, 15) is 4.79 Å². The SMILES string of the molecule is CC(CCC(=O)O)Nc1ccc(N(C)C)c(Cl)c1. The summed E-state index contributed by atoms with van der Waals surface area (Å²) in [6, 6.07) is 5.84. The van der Waals surface area contributed by atoms with E-state index in [0.717, 1.165) is 11.4 Å². The zero-order chi connectivity index (χ0) is 13.7. The fraction of sp³-hybridized carbons (Fsp3) is 0.462. The lowest BCUT2D eigenvalue weighted by Gasteiger charge is -2.18. The Labute approximate surface area is 113 Å². The quantitative estimate of drug-likeness (QED) is 0.834. The first-order chi connectivity index (χ1) is 8.40. The molecule has 5 heteroatoms. The van der Waals surface area contributed by atoms with Gasteiger partial charge < -0.3 is 15.3 Å². The Morgan fingerprint density at radius 2 is 2.17 bits per heavy atom. The zero-order valence-electron chi connectivity index (χ0n) is 10.9. The Kier molecular flexibility index (Phi) is 5.28. The molecule has 1 aromatic rings. The van der Waals surface area contributed by atoms with E-state index in [4.69, 9.17) is 16.7 Å². The normalized spacial score (nSPS) is 12.0. The van der Waals surface area contributed by atoms with Crippen molar-refractivity contribution < 1.29 is 9.90 Å². The number of carboxylic acid groups (broad SMARTS) is 1. The molecule has 0 radical (unpaired) electrons. The summed E-state index contributed by atoms with van der Waals surface area (Å²) in [5.74, 6) is -0.773. The molecule has 2 N–H and O–H groups in total. The Morgan fingerprint density at radius 3 is 2.67 bits per heavy atom. The Balaban J connectivity index is 2.63. The predicted octanol–water partition coefficient (Wildman–Crippen LogP) is 3.07. The Hall–Kier alpha value is -1.42. The number of rotatable bonds is 6. The molecule has 0 spiro atoms. The molecule has 0 heterocycles. The average Bonchev–Trinajstić information content (AvgIpc) is 2.26. The highest BCUT2D eigenvalue weighted by Crippen LogP contribution is 2.27. The number of anilines is 2. The maximum Gasteiger partial charge on any atom is 0.303 e. The second-order valence-corrected chi connectivity index (χ2v) is 4.95. The van der Waals surface area contributed by atoms with Crippen molar-refractivity contribution in [2.24, 2.45) is 0 Å². The standard InChI is InChI=1S/C13H19ClN2O2/c1-9(4-7-13(17)18)15-10-5-6-12(16(2)3)11(14)8-10/h5-6,8-9,15H,4,7H2,1-3H3,(H,17,18). The van der Waals surface area contributed by atoms with Crippen molar-refractivity contribution in [2.45, 2.75) is 25.8 Å². The number of aliphatic carboxylic acids is 1. The third-order valence-electron chi connectivity index (χ3n) is 2.63. The van der Waals surface area contributed by atoms with Crippen LogP contribution in [0.4, 0.5) is 11.4 Å². The van der Waals surface area contributed by atoms with Gasteiger partial charge in [0.15, 0.2) is 0 Å². The molecule has 0 bridgehead atoms. The van der Waals surface area contributed by atoms with Gasteiger partial charge in [0.25, 0.3) is 0 Å². The molecular formula is C13H19ClN2O2. The minimum absolute atomic E-state index is 0.0994. The molecule has 0 fully saturated rings. The fourth-order valence-electron chi connectivity index (χ4n) is 1.66. The highest BCUT2D eigenvalue weighted by atomic mass is 35.5. The number of hydrogen-bond donors (Lipinski definition) is 2. The highest BCUT2D eigenvalue weighted by molar-refractivity contribution is 6.33. The van der Waals surface area contributed by atoms with Crippen LogP contribution in [0, 0.1) is 0 Å². The number of nitrogens with zero attached hydrogens (tertiary/aromatic N) is 1. The van der Waals surface area contributed by atoms with Gasteiger partial charge >= 0.3 is 5.97 Å². The average molecular weight is 271 g/mol. The van der Waals surface area contributed by atoms with Gasteiger partial charge in [0.1, 0.15) is 0 Å². The lowest BCUT2D eigenvalue weighted by atomic mass is 10.1. The van der Waals surface area contributed by atoms with Crippen LogP contribution in [0.25, 0.3) is 0 Å². The molecule has 0 saturated heterocycles. The highest BCUT2D eigenvalue weighted by Gasteiger charge is 2.07. The van der Waals surface area contributed by atoms with Crippen LogP contribution in [-0.4, -0.2) is 31.2 Å². The van der Waals surface area contributed by atoms with Crippen LogP contribution in [0.1, 0.15) is 19.8 Å². The predicted molar refractivity (Wildman–Crippen MR) is 75.7 cm³/mol. The first-order valence-electron chi connectivity index (χ1n) is 5.85. The smallest absolute Gasteiger partial charge is 0.303 e. The molecule has 1 rings (SSSR count). The second kappa shape index (κ2) is 6.50. The number of benzene rings is 1. The van der Waals surface area contributed by atoms with Crippen molar-refractivity contribution in [1.82, 2.24) is 0 Å². The van der Waals surface area contributed by atoms with Crippen LogP contribution < -0.4 is 10.2 Å². The molecule has 4 nitrogen and oxygen atoms in total. The number of carbonyl (C=O) groups is 1. The van der Waals surface area contributed by atoms with Crippen LogP contribution in [0.3, 0.4) is 0 Å². The molecule has 0 aromatic heterocycles. The molecule has 18 heavy (non-hydrogen) atoms. The summed E-state index contributed by atoms with van der Waals surface area (Å²) in [5, 5.41) is 12.5. The zero-order valence-corrected chi connectivity index (χ0v) is 11.7. The van der Waals surface area contributed by atoms with Gasteiger partial charge in [-0.25, -0.2) is 0 Å². The molecule has 1 atom stereocenters. The third-order valence-corrected chi connectivity index (χ3v) is 2.94. The monoisotopic (exact) mass is 270 g/mol. The van der Waals surface area contributed by atoms with Gasteiger partial charge in [-0.05, 0) is 31.5 Å². The van der Waals surface area contributed by atoms with Crippen LogP contribution >= 0.6 is 11.6 Å². The van der Waals surface area contributed by atoms with Gasteiger partial charge in [0.2, 0.25) is 0 Å². The van der Waals surface area contributed by atoms with Crippen LogP contribution in [0.2, 0.25) is 5.02 Å². The molecular weight excluding hydrogens is 252 g/mol. The largest absolute Gasteiger partial charge is 0.481 e. The van der Waals surface area contributed by atoms with Crippen molar-refractivity contribution >= 4 is 28.9 Å². The van der Waals surface area contributed by atoms with Gasteiger partial charge in [-0.2, -0.15) is 0 Å². The van der Waals surface area contributed by atoms with Crippen molar-refractivity contribution in [1.29, 1.82) is 0 Å². The summed E-state index contributed by atoms with van der Waals surface area (Å²) in [4.78, 5) is 12.4. The maximum atomic E-state index is 10.5. The van der Waals surface area contributed by atoms with E-state index in [1.807, 2.05) is 44.1 Å². The van der Waals surface area contributed by atoms with E-state index in [1.165, 1.54) is 0 Å². The van der Waals surface area contributed by atoms with E-state index in [1.54, 1.807) is 0 Å². The fourth-order valence-corrected chi connectivity index (χ4v) is 2.01. The van der Waals surface area contributed by atoms with Gasteiger partial charge in [0.05, 0.1) is 10.7 Å². The first kappa shape index (κ1) is 14.6. The molecule has 0 saturated carbocycles. The Bertz CT molecular complexity index is 421. The number of halogens is 1. The number of hydrogen-bond acceptors (Lipinski definition) is 3. The van der Waals surface area contributed by atoms with Crippen LogP contribution in [-0.2, 0) is 4.79 Å². The van der Waals surface area contributed by atoms with E-state index >= 15 is 0 Å². The van der Waals surface area contributed by atoms with E-state index in [-0.39, 0.29) is 12.5 Å². The number of carboxylic acids is 1. The summed E-state index contributed by atoms with van der Waals surface area (Å²) < 4.78 is 0. The van der Waals surface area contributed by atoms with E-state index in [2.05, 4.69) is 5.32 Å². The second-order valence-electron chi connectivity index (χ2n) is 4.54. The summed E-state index contributed by atoms with van der Waals surface area (Å²) in [6.45, 7) is 1.96. The first-order valence-corrected chi connectivity index (χ1v) is 6.23. The van der Waals surface area contributed by atoms with Gasteiger partial charge in [-0.3, -0.25) is 4.79 Å². The van der Waals surface area contributed by atoms with Gasteiger partial charge in [0, 0.05) is 32.2 Å². The molecule has 0 aliphatic carbocycles. The van der Waals surface area contributed by atoms with Crippen LogP contribution in [0.15, 0.2) is 18.2 Å². The third kappa shape index (κ3) is 4.45. The van der Waals surface area contributed by atoms with Gasteiger partial charge in [-0.1, -0.05) is 11.6 Å². The molecule has 1 aromatic carbocycles. The minimum Gasteiger partial charge on any atom is -0.481 e. The lowest BCUT2D eigenvalue weighted by molar-refractivity contribution is -0.137. The van der Waals surface area contributed by atoms with Crippen LogP contribution in [0.5, 0.6) is 0 Å². The lowest BCUT2D eigenvalue weighted by Crippen LogP contribution is -2.17. The molecule has 0 aliphatic heterocycles. The van der Waals surface area contributed by atoms with Crippen molar-refractivity contribution in [2.75, 3.05) is 24.3 Å². The van der Waals surface area contributed by atoms with Crippen molar-refractivity contribution in [3.8, 4) is 0 Å². The molecule has 1 unspecified atom stereocenters. The molecule has 100 valence electrons. The van der Waals surface area contributed by atoms with Crippen molar-refractivity contribution in [3.63, 3.8) is 0 Å². The Morgan fingerprint density at radius 1 is 1.50 bits per heavy atom. The molecule has 0 amide bonds. The number of nitrogens with one attached hydrogen (secondary N) is 1. The topological polar surface area (TPSA) is 52.6 Å². The summed E-state index contributed by atoms with van der Waals surface area (Å²) in [6.07, 6.45) is 0.750. The summed E-state index contributed by atoms with van der Waals surface area (Å²) in [5.41, 5.74) is 1.86. The molecule has 0 aliphatic rings. The van der Waals surface area contributed by atoms with E-state index < -0.39 is 5.97 Å². The summed E-state index contributed by atoms with van der Waals surface area (Å²) in [7, 11) is 3.87. The van der Waals surface area contributed by atoms with Crippen molar-refractivity contribution in [3.05, 3.63) is 23.2 Å². The maximum absolute atomic E-state index is 10.5. The minimum atomic E-state index is -0.773. The summed E-state index contributed by atoms with van der Waals surface area (Å²) >= 11 is 6.16. The van der Waals surface area contributed by atoms with Gasteiger partial charge in [-0.15, -0.1) is 0 Å². The van der Waals surface area contributed by atoms with E-state index in [0.29, 0.717) is 11.4 Å².